The van der Waals surface area contributed by atoms with E-state index in [9.17, 15) is 0 Å². The second-order valence-electron chi connectivity index (χ2n) is 7.33. The Bertz CT molecular complexity index is 676. The maximum atomic E-state index is 2.68. The first-order valence-electron chi connectivity index (χ1n) is 8.51. The normalized spacial score (nSPS) is 33.1. The van der Waals surface area contributed by atoms with Gasteiger partial charge >= 0.3 is 0 Å². The molecule has 2 aliphatic carbocycles. The maximum absolute atomic E-state index is 2.68. The van der Waals surface area contributed by atoms with E-state index in [2.05, 4.69) is 74.2 Å². The Balaban J connectivity index is 1.85. The summed E-state index contributed by atoms with van der Waals surface area (Å²) in [7, 11) is 0. The van der Waals surface area contributed by atoms with Gasteiger partial charge in [0.05, 0.1) is 11.6 Å². The van der Waals surface area contributed by atoms with Crippen molar-refractivity contribution in [3.05, 3.63) is 65.3 Å². The summed E-state index contributed by atoms with van der Waals surface area (Å²) in [6, 6.07) is 9.60. The van der Waals surface area contributed by atoms with Crippen LogP contribution in [0.1, 0.15) is 38.7 Å². The van der Waals surface area contributed by atoms with Gasteiger partial charge in [0.1, 0.15) is 0 Å². The topological polar surface area (TPSA) is 3.24 Å². The van der Waals surface area contributed by atoms with Crippen LogP contribution in [-0.4, -0.2) is 11.6 Å². The first-order chi connectivity index (χ1) is 10.6. The van der Waals surface area contributed by atoms with E-state index in [0.29, 0.717) is 12.0 Å². The lowest BCUT2D eigenvalue weighted by Crippen LogP contribution is -2.46. The van der Waals surface area contributed by atoms with Crippen LogP contribution in [0, 0.1) is 12.8 Å². The summed E-state index contributed by atoms with van der Waals surface area (Å²) in [5.74, 6) is 0.681. The van der Waals surface area contributed by atoms with Gasteiger partial charge in [0.15, 0.2) is 0 Å². The van der Waals surface area contributed by atoms with Gasteiger partial charge in [-0.2, -0.15) is 0 Å². The SMILES string of the molecule is CC1=CCC2(C)C(=C1)C1CCC=CC1N2c1ccc(C)cc1. The zero-order chi connectivity index (χ0) is 15.3. The molecule has 22 heavy (non-hydrogen) atoms. The molecule has 1 heteroatoms. The fraction of sp³-hybridized carbons (Fsp3) is 0.429. The Labute approximate surface area is 134 Å². The summed E-state index contributed by atoms with van der Waals surface area (Å²) in [6.07, 6.45) is 13.3. The first kappa shape index (κ1) is 13.9. The fourth-order valence-electron chi connectivity index (χ4n) is 4.59. The molecule has 0 N–H and O–H groups in total. The standard InChI is InChI=1S/C21H25N/c1-15-8-10-17(11-9-15)22-20-7-5-4-6-18(20)19-14-16(2)12-13-21(19,22)3/h5,7-12,14,18,20H,4,6,13H2,1-3H3. The summed E-state index contributed by atoms with van der Waals surface area (Å²) in [6.45, 7) is 6.85. The van der Waals surface area contributed by atoms with Gasteiger partial charge in [-0.3, -0.25) is 0 Å². The monoisotopic (exact) mass is 291 g/mol. The Kier molecular flexibility index (Phi) is 3.07. The molecule has 4 rings (SSSR count). The van der Waals surface area contributed by atoms with Gasteiger partial charge < -0.3 is 4.90 Å². The van der Waals surface area contributed by atoms with E-state index in [4.69, 9.17) is 0 Å². The highest BCUT2D eigenvalue weighted by Gasteiger charge is 2.52. The summed E-state index contributed by atoms with van der Waals surface area (Å²) in [5.41, 5.74) is 5.93. The molecule has 3 unspecified atom stereocenters. The summed E-state index contributed by atoms with van der Waals surface area (Å²) >= 11 is 0. The fourth-order valence-corrected chi connectivity index (χ4v) is 4.59. The average molecular weight is 291 g/mol. The molecular weight excluding hydrogens is 266 g/mol. The molecule has 0 bridgehead atoms. The van der Waals surface area contributed by atoms with E-state index in [-0.39, 0.29) is 5.54 Å². The predicted octanol–water partition coefficient (Wildman–Crippen LogP) is 5.18. The third-order valence-corrected chi connectivity index (χ3v) is 5.76. The zero-order valence-electron chi connectivity index (χ0n) is 13.8. The highest BCUT2D eigenvalue weighted by Crippen LogP contribution is 2.52. The molecule has 1 saturated heterocycles. The third kappa shape index (κ3) is 1.91. The maximum Gasteiger partial charge on any atom is 0.0633 e. The molecule has 114 valence electrons. The molecule has 0 spiro atoms. The molecule has 0 radical (unpaired) electrons. The molecule has 1 nitrogen and oxygen atoms in total. The Morgan fingerprint density at radius 1 is 1.14 bits per heavy atom. The van der Waals surface area contributed by atoms with Crippen LogP contribution in [0.15, 0.2) is 59.7 Å². The molecule has 0 amide bonds. The van der Waals surface area contributed by atoms with Crippen molar-refractivity contribution in [2.24, 2.45) is 5.92 Å². The highest BCUT2D eigenvalue weighted by molar-refractivity contribution is 5.62. The van der Waals surface area contributed by atoms with Crippen LogP contribution in [0.5, 0.6) is 0 Å². The molecule has 0 aromatic heterocycles. The van der Waals surface area contributed by atoms with E-state index in [1.807, 2.05) is 0 Å². The predicted molar refractivity (Wildman–Crippen MR) is 94.2 cm³/mol. The number of hydrogen-bond donors (Lipinski definition) is 0. The zero-order valence-corrected chi connectivity index (χ0v) is 13.8. The molecule has 3 aliphatic rings. The van der Waals surface area contributed by atoms with Gasteiger partial charge in [0, 0.05) is 11.6 Å². The van der Waals surface area contributed by atoms with E-state index >= 15 is 0 Å². The molecule has 1 aliphatic heterocycles. The van der Waals surface area contributed by atoms with Crippen LogP contribution in [-0.2, 0) is 0 Å². The largest absolute Gasteiger partial charge is 0.355 e. The minimum absolute atomic E-state index is 0.138. The van der Waals surface area contributed by atoms with Crippen LogP contribution >= 0.6 is 0 Å². The third-order valence-electron chi connectivity index (χ3n) is 5.76. The van der Waals surface area contributed by atoms with Gasteiger partial charge in [-0.25, -0.2) is 0 Å². The number of allylic oxidation sites excluding steroid dienone is 3. The number of hydrogen-bond acceptors (Lipinski definition) is 1. The number of fused-ring (bicyclic) bond motifs is 3. The molecule has 0 saturated carbocycles. The van der Waals surface area contributed by atoms with Crippen LogP contribution in [0.3, 0.4) is 0 Å². The minimum atomic E-state index is 0.138. The van der Waals surface area contributed by atoms with Crippen molar-refractivity contribution in [3.8, 4) is 0 Å². The van der Waals surface area contributed by atoms with Gasteiger partial charge in [-0.1, -0.05) is 47.6 Å². The first-order valence-corrected chi connectivity index (χ1v) is 8.51. The van der Waals surface area contributed by atoms with Crippen molar-refractivity contribution in [2.45, 2.75) is 51.6 Å². The molecule has 1 aromatic rings. The smallest absolute Gasteiger partial charge is 0.0633 e. The second-order valence-corrected chi connectivity index (χ2v) is 7.33. The highest BCUT2D eigenvalue weighted by atomic mass is 15.3. The molecular formula is C21H25N. The molecule has 1 fully saturated rings. The van der Waals surface area contributed by atoms with E-state index in [1.54, 1.807) is 5.57 Å². The summed E-state index contributed by atoms with van der Waals surface area (Å²) in [5, 5.41) is 0. The summed E-state index contributed by atoms with van der Waals surface area (Å²) in [4.78, 5) is 2.68. The van der Waals surface area contributed by atoms with Crippen LogP contribution < -0.4 is 4.90 Å². The van der Waals surface area contributed by atoms with Gasteiger partial charge in [0.25, 0.3) is 0 Å². The number of aryl methyl sites for hydroxylation is 1. The van der Waals surface area contributed by atoms with Crippen molar-refractivity contribution < 1.29 is 0 Å². The number of anilines is 1. The quantitative estimate of drug-likeness (QED) is 0.644. The van der Waals surface area contributed by atoms with Crippen molar-refractivity contribution in [3.63, 3.8) is 0 Å². The van der Waals surface area contributed by atoms with Crippen LogP contribution in [0.4, 0.5) is 5.69 Å². The van der Waals surface area contributed by atoms with Gasteiger partial charge in [0.2, 0.25) is 0 Å². The minimum Gasteiger partial charge on any atom is -0.355 e. The lowest BCUT2D eigenvalue weighted by molar-refractivity contribution is 0.519. The lowest BCUT2D eigenvalue weighted by Gasteiger charge is -2.41. The van der Waals surface area contributed by atoms with Crippen molar-refractivity contribution in [2.75, 3.05) is 4.90 Å². The molecule has 3 atom stereocenters. The number of rotatable bonds is 1. The molecule has 1 aromatic carbocycles. The van der Waals surface area contributed by atoms with E-state index in [0.717, 1.165) is 6.42 Å². The Morgan fingerprint density at radius 2 is 1.91 bits per heavy atom. The average Bonchev–Trinajstić information content (AvgIpc) is 2.78. The van der Waals surface area contributed by atoms with Gasteiger partial charge in [-0.05, 0) is 57.7 Å². The number of benzene rings is 1. The van der Waals surface area contributed by atoms with E-state index in [1.165, 1.54) is 29.7 Å². The van der Waals surface area contributed by atoms with Crippen LogP contribution in [0.2, 0.25) is 0 Å². The van der Waals surface area contributed by atoms with Crippen molar-refractivity contribution in [1.82, 2.24) is 0 Å². The second kappa shape index (κ2) is 4.87. The summed E-state index contributed by atoms with van der Waals surface area (Å²) < 4.78 is 0. The van der Waals surface area contributed by atoms with Crippen molar-refractivity contribution >= 4 is 5.69 Å². The molecule has 1 heterocycles. The lowest BCUT2D eigenvalue weighted by atomic mass is 9.77. The van der Waals surface area contributed by atoms with Gasteiger partial charge in [-0.15, -0.1) is 0 Å². The van der Waals surface area contributed by atoms with Crippen LogP contribution in [0.25, 0.3) is 0 Å². The number of nitrogens with zero attached hydrogens (tertiary/aromatic N) is 1. The van der Waals surface area contributed by atoms with E-state index < -0.39 is 0 Å². The van der Waals surface area contributed by atoms with Crippen molar-refractivity contribution in [1.29, 1.82) is 0 Å². The Morgan fingerprint density at radius 3 is 2.68 bits per heavy atom. The Hall–Kier alpha value is -1.76.